The van der Waals surface area contributed by atoms with Crippen LogP contribution >= 0.6 is 0 Å². The van der Waals surface area contributed by atoms with E-state index in [2.05, 4.69) is 0 Å². The molecule has 2 fully saturated rings. The number of rotatable bonds is 8. The topological polar surface area (TPSA) is 179 Å². The third-order valence-electron chi connectivity index (χ3n) is 5.30. The summed E-state index contributed by atoms with van der Waals surface area (Å²) in [5.41, 5.74) is -1.06. The van der Waals surface area contributed by atoms with E-state index in [1.165, 1.54) is 12.1 Å². The normalized spacial score (nSPS) is 39.3. The summed E-state index contributed by atoms with van der Waals surface area (Å²) >= 11 is 0. The highest BCUT2D eigenvalue weighted by Gasteiger charge is 2.53. The molecule has 7 N–H and O–H groups in total. The van der Waals surface area contributed by atoms with Gasteiger partial charge in [0.2, 0.25) is 0 Å². The Bertz CT molecular complexity index is 671. The summed E-state index contributed by atoms with van der Waals surface area (Å²) in [5, 5.41) is 68.9. The van der Waals surface area contributed by atoms with Gasteiger partial charge in [0.15, 0.2) is 12.6 Å². The van der Waals surface area contributed by atoms with Crippen molar-refractivity contribution in [3.05, 3.63) is 29.8 Å². The Morgan fingerprint density at radius 2 is 1.73 bits per heavy atom. The standard InChI is InChI=1S/C19H28O11/c20-7-12-13(23)14(24)15(30-18-16(25)19(26,8-21)9-28-18)17(29-12)27-6-5-10-1-3-11(22)4-2-10/h1-4,12-18,20-26H,5-9H2. The van der Waals surface area contributed by atoms with Crippen molar-refractivity contribution in [2.45, 2.75) is 55.1 Å². The van der Waals surface area contributed by atoms with Gasteiger partial charge in [-0.25, -0.2) is 0 Å². The molecule has 0 radical (unpaired) electrons. The lowest BCUT2D eigenvalue weighted by molar-refractivity contribution is -0.335. The molecule has 0 aliphatic carbocycles. The van der Waals surface area contributed by atoms with E-state index in [1.807, 2.05) is 0 Å². The maximum absolute atomic E-state index is 10.5. The first kappa shape index (κ1) is 23.3. The molecule has 1 aromatic rings. The predicted octanol–water partition coefficient (Wildman–Crippen LogP) is -2.78. The highest BCUT2D eigenvalue weighted by Crippen LogP contribution is 2.31. The minimum absolute atomic E-state index is 0.116. The number of phenolic OH excluding ortho intramolecular Hbond substituents is 1. The van der Waals surface area contributed by atoms with Crippen molar-refractivity contribution in [1.82, 2.24) is 0 Å². The summed E-state index contributed by atoms with van der Waals surface area (Å²) < 4.78 is 21.9. The van der Waals surface area contributed by atoms with Crippen molar-refractivity contribution in [3.8, 4) is 5.75 Å². The van der Waals surface area contributed by atoms with Crippen molar-refractivity contribution in [1.29, 1.82) is 0 Å². The number of hydrogen-bond donors (Lipinski definition) is 7. The summed E-state index contributed by atoms with van der Waals surface area (Å²) in [7, 11) is 0. The number of aromatic hydroxyl groups is 1. The predicted molar refractivity (Wildman–Crippen MR) is 98.2 cm³/mol. The molecule has 2 aliphatic rings. The molecular formula is C19H28O11. The quantitative estimate of drug-likeness (QED) is 0.226. The molecule has 8 atom stereocenters. The van der Waals surface area contributed by atoms with Gasteiger partial charge < -0.3 is 54.7 Å². The number of hydrogen-bond acceptors (Lipinski definition) is 11. The number of phenols is 1. The zero-order valence-electron chi connectivity index (χ0n) is 16.1. The Hall–Kier alpha value is -1.38. The highest BCUT2D eigenvalue weighted by atomic mass is 16.8. The molecule has 30 heavy (non-hydrogen) atoms. The van der Waals surface area contributed by atoms with Crippen LogP contribution in [0, 0.1) is 0 Å². The van der Waals surface area contributed by atoms with Gasteiger partial charge in [-0.1, -0.05) is 12.1 Å². The Labute approximate surface area is 172 Å². The van der Waals surface area contributed by atoms with Crippen LogP contribution < -0.4 is 0 Å². The van der Waals surface area contributed by atoms with Crippen LogP contribution in [0.3, 0.4) is 0 Å². The fraction of sp³-hybridized carbons (Fsp3) is 0.684. The van der Waals surface area contributed by atoms with E-state index in [1.54, 1.807) is 12.1 Å². The molecule has 11 nitrogen and oxygen atoms in total. The molecule has 0 aromatic heterocycles. The van der Waals surface area contributed by atoms with Crippen molar-refractivity contribution in [2.24, 2.45) is 0 Å². The Morgan fingerprint density at radius 3 is 2.33 bits per heavy atom. The van der Waals surface area contributed by atoms with Crippen LogP contribution in [0.2, 0.25) is 0 Å². The van der Waals surface area contributed by atoms with Crippen LogP contribution in [-0.4, -0.2) is 111 Å². The van der Waals surface area contributed by atoms with Crippen LogP contribution in [-0.2, 0) is 25.4 Å². The minimum Gasteiger partial charge on any atom is -0.508 e. The molecule has 0 bridgehead atoms. The van der Waals surface area contributed by atoms with Gasteiger partial charge >= 0.3 is 0 Å². The maximum Gasteiger partial charge on any atom is 0.187 e. The second-order valence-corrected chi connectivity index (χ2v) is 7.48. The zero-order valence-corrected chi connectivity index (χ0v) is 16.1. The summed E-state index contributed by atoms with van der Waals surface area (Å²) in [4.78, 5) is 0. The van der Waals surface area contributed by atoms with Crippen LogP contribution in [0.1, 0.15) is 5.56 Å². The van der Waals surface area contributed by atoms with E-state index in [4.69, 9.17) is 18.9 Å². The summed E-state index contributed by atoms with van der Waals surface area (Å²) in [6, 6.07) is 6.48. The molecule has 0 amide bonds. The van der Waals surface area contributed by atoms with Crippen LogP contribution in [0.5, 0.6) is 5.75 Å². The van der Waals surface area contributed by atoms with Gasteiger partial charge in [-0.2, -0.15) is 0 Å². The molecule has 0 saturated carbocycles. The highest BCUT2D eigenvalue weighted by molar-refractivity contribution is 5.25. The van der Waals surface area contributed by atoms with Crippen LogP contribution in [0.15, 0.2) is 24.3 Å². The second-order valence-electron chi connectivity index (χ2n) is 7.48. The monoisotopic (exact) mass is 432 g/mol. The smallest absolute Gasteiger partial charge is 0.187 e. The minimum atomic E-state index is -1.92. The molecule has 2 heterocycles. The Balaban J connectivity index is 1.66. The lowest BCUT2D eigenvalue weighted by atomic mass is 9.98. The van der Waals surface area contributed by atoms with Gasteiger partial charge in [0.1, 0.15) is 41.9 Å². The Morgan fingerprint density at radius 1 is 1.03 bits per heavy atom. The largest absolute Gasteiger partial charge is 0.508 e. The lowest BCUT2D eigenvalue weighted by Crippen LogP contribution is -2.61. The van der Waals surface area contributed by atoms with Gasteiger partial charge in [-0.3, -0.25) is 0 Å². The summed E-state index contributed by atoms with van der Waals surface area (Å²) in [6.07, 6.45) is -9.30. The molecule has 11 heteroatoms. The molecule has 1 aromatic carbocycles. The summed E-state index contributed by atoms with van der Waals surface area (Å²) in [5.74, 6) is 0.129. The third kappa shape index (κ3) is 4.92. The van der Waals surface area contributed by atoms with E-state index in [0.29, 0.717) is 6.42 Å². The van der Waals surface area contributed by atoms with E-state index in [0.717, 1.165) is 5.56 Å². The number of benzene rings is 1. The van der Waals surface area contributed by atoms with Gasteiger partial charge in [0.25, 0.3) is 0 Å². The number of ether oxygens (including phenoxy) is 4. The average molecular weight is 432 g/mol. The van der Waals surface area contributed by atoms with Crippen molar-refractivity contribution in [3.63, 3.8) is 0 Å². The van der Waals surface area contributed by atoms with Crippen molar-refractivity contribution in [2.75, 3.05) is 26.4 Å². The van der Waals surface area contributed by atoms with E-state index >= 15 is 0 Å². The number of aliphatic hydroxyl groups excluding tert-OH is 5. The van der Waals surface area contributed by atoms with Crippen molar-refractivity contribution >= 4 is 0 Å². The first-order chi connectivity index (χ1) is 14.3. The molecule has 3 rings (SSSR count). The van der Waals surface area contributed by atoms with Gasteiger partial charge in [-0.15, -0.1) is 0 Å². The summed E-state index contributed by atoms with van der Waals surface area (Å²) in [6.45, 7) is -1.62. The van der Waals surface area contributed by atoms with Crippen LogP contribution in [0.4, 0.5) is 0 Å². The van der Waals surface area contributed by atoms with Gasteiger partial charge in [0.05, 0.1) is 26.4 Å². The van der Waals surface area contributed by atoms with E-state index in [9.17, 15) is 35.7 Å². The molecule has 0 spiro atoms. The fourth-order valence-corrected chi connectivity index (χ4v) is 3.35. The lowest BCUT2D eigenvalue weighted by Gasteiger charge is -2.42. The molecular weight excluding hydrogens is 404 g/mol. The molecule has 8 unspecified atom stereocenters. The third-order valence-corrected chi connectivity index (χ3v) is 5.30. The van der Waals surface area contributed by atoms with E-state index < -0.39 is 68.5 Å². The molecule has 2 aliphatic heterocycles. The number of aliphatic hydroxyl groups is 6. The first-order valence-corrected chi connectivity index (χ1v) is 9.59. The van der Waals surface area contributed by atoms with Gasteiger partial charge in [0, 0.05) is 0 Å². The van der Waals surface area contributed by atoms with Gasteiger partial charge in [-0.05, 0) is 24.1 Å². The zero-order chi connectivity index (χ0) is 21.9. The maximum atomic E-state index is 10.5. The van der Waals surface area contributed by atoms with E-state index in [-0.39, 0.29) is 12.4 Å². The molecule has 170 valence electrons. The molecule has 2 saturated heterocycles. The van der Waals surface area contributed by atoms with Crippen molar-refractivity contribution < 1.29 is 54.7 Å². The second kappa shape index (κ2) is 9.83. The first-order valence-electron chi connectivity index (χ1n) is 9.59. The Kier molecular flexibility index (Phi) is 7.63. The average Bonchev–Trinajstić information content (AvgIpc) is 3.03. The van der Waals surface area contributed by atoms with Crippen LogP contribution in [0.25, 0.3) is 0 Å². The fourth-order valence-electron chi connectivity index (χ4n) is 3.35. The SMILES string of the molecule is OCC1OC(OCCc2ccc(O)cc2)C(OC2OCC(O)(CO)C2O)C(O)C1O.